The summed E-state index contributed by atoms with van der Waals surface area (Å²) in [6.07, 6.45) is 0.664. The Morgan fingerprint density at radius 3 is 3.00 bits per heavy atom. The largest absolute Gasteiger partial charge is 0.379 e. The number of halogens is 2. The molecule has 2 N–H and O–H groups in total. The number of hydrogen-bond acceptors (Lipinski definition) is 3. The van der Waals surface area contributed by atoms with Crippen molar-refractivity contribution in [2.24, 2.45) is 0 Å². The predicted octanol–water partition coefficient (Wildman–Crippen LogP) is 1.60. The lowest BCUT2D eigenvalue weighted by Gasteiger charge is -2.28. The minimum atomic E-state index is -0.417. The van der Waals surface area contributed by atoms with E-state index in [-0.39, 0.29) is 17.9 Å². The molecule has 3 nitrogen and oxygen atoms in total. The van der Waals surface area contributed by atoms with E-state index in [0.717, 1.165) is 12.6 Å². The molecule has 2 atom stereocenters. The van der Waals surface area contributed by atoms with Crippen LogP contribution in [0.1, 0.15) is 18.0 Å². The van der Waals surface area contributed by atoms with Crippen LogP contribution in [-0.4, -0.2) is 32.8 Å². The van der Waals surface area contributed by atoms with Gasteiger partial charge >= 0.3 is 0 Å². The van der Waals surface area contributed by atoms with Gasteiger partial charge in [0.2, 0.25) is 0 Å². The van der Waals surface area contributed by atoms with Crippen LogP contribution in [0.25, 0.3) is 0 Å². The molecule has 0 aliphatic carbocycles. The molecule has 1 fully saturated rings. The second-order valence-electron chi connectivity index (χ2n) is 4.47. The van der Waals surface area contributed by atoms with Crippen molar-refractivity contribution < 1.29 is 13.5 Å². The van der Waals surface area contributed by atoms with Crippen LogP contribution < -0.4 is 10.6 Å². The fraction of sp³-hybridized carbons (Fsp3) is 0.538. The molecule has 1 aliphatic heterocycles. The molecule has 5 heteroatoms. The van der Waals surface area contributed by atoms with Gasteiger partial charge in [0.1, 0.15) is 11.6 Å². The fourth-order valence-electron chi connectivity index (χ4n) is 2.24. The lowest BCUT2D eigenvalue weighted by molar-refractivity contribution is 0.0707. The number of rotatable bonds is 4. The Morgan fingerprint density at radius 2 is 2.33 bits per heavy atom. The van der Waals surface area contributed by atoms with Crippen LogP contribution in [0.15, 0.2) is 18.2 Å². The van der Waals surface area contributed by atoms with Crippen LogP contribution in [-0.2, 0) is 4.74 Å². The van der Waals surface area contributed by atoms with Gasteiger partial charge in [0, 0.05) is 24.2 Å². The second-order valence-corrected chi connectivity index (χ2v) is 4.47. The highest BCUT2D eigenvalue weighted by molar-refractivity contribution is 5.22. The Morgan fingerprint density at radius 1 is 1.50 bits per heavy atom. The number of morpholine rings is 1. The molecule has 0 saturated carbocycles. The van der Waals surface area contributed by atoms with E-state index in [9.17, 15) is 8.78 Å². The first-order chi connectivity index (χ1) is 8.70. The van der Waals surface area contributed by atoms with Crippen LogP contribution in [0.2, 0.25) is 0 Å². The van der Waals surface area contributed by atoms with Crippen molar-refractivity contribution in [1.82, 2.24) is 10.6 Å². The molecule has 0 amide bonds. The van der Waals surface area contributed by atoms with Crippen molar-refractivity contribution in [3.8, 4) is 0 Å². The normalized spacial score (nSPS) is 21.8. The van der Waals surface area contributed by atoms with Crippen LogP contribution in [0.4, 0.5) is 8.78 Å². The van der Waals surface area contributed by atoms with Gasteiger partial charge in [0.25, 0.3) is 0 Å². The zero-order valence-electron chi connectivity index (χ0n) is 10.4. The maximum Gasteiger partial charge on any atom is 0.128 e. The molecule has 1 aliphatic rings. The van der Waals surface area contributed by atoms with E-state index >= 15 is 0 Å². The molecular formula is C13H18F2N2O. The highest BCUT2D eigenvalue weighted by atomic mass is 19.1. The Kier molecular flexibility index (Phi) is 4.63. The summed E-state index contributed by atoms with van der Waals surface area (Å²) in [5.74, 6) is -0.799. The van der Waals surface area contributed by atoms with Gasteiger partial charge in [0.15, 0.2) is 0 Å². The first-order valence-electron chi connectivity index (χ1n) is 6.14. The average molecular weight is 256 g/mol. The van der Waals surface area contributed by atoms with E-state index in [2.05, 4.69) is 10.6 Å². The van der Waals surface area contributed by atoms with Crippen LogP contribution in [0.3, 0.4) is 0 Å². The van der Waals surface area contributed by atoms with E-state index in [1.54, 1.807) is 7.05 Å². The summed E-state index contributed by atoms with van der Waals surface area (Å²) >= 11 is 0. The van der Waals surface area contributed by atoms with E-state index in [0.29, 0.717) is 25.2 Å². The van der Waals surface area contributed by atoms with Crippen molar-refractivity contribution in [1.29, 1.82) is 0 Å². The Hall–Kier alpha value is -1.04. The van der Waals surface area contributed by atoms with Gasteiger partial charge in [-0.25, -0.2) is 8.78 Å². The van der Waals surface area contributed by atoms with Crippen molar-refractivity contribution in [2.45, 2.75) is 18.5 Å². The van der Waals surface area contributed by atoms with Gasteiger partial charge in [-0.1, -0.05) is 0 Å². The molecule has 2 rings (SSSR count). The van der Waals surface area contributed by atoms with Gasteiger partial charge in [-0.3, -0.25) is 0 Å². The number of nitrogens with one attached hydrogen (secondary N) is 2. The lowest BCUT2D eigenvalue weighted by Crippen LogP contribution is -2.43. The molecule has 1 aromatic carbocycles. The van der Waals surface area contributed by atoms with E-state index in [1.165, 1.54) is 12.1 Å². The topological polar surface area (TPSA) is 33.3 Å². The predicted molar refractivity (Wildman–Crippen MR) is 65.4 cm³/mol. The summed E-state index contributed by atoms with van der Waals surface area (Å²) in [6.45, 7) is 2.11. The van der Waals surface area contributed by atoms with Gasteiger partial charge in [-0.2, -0.15) is 0 Å². The standard InChI is InChI=1S/C13H18F2N2O/c1-16-13(7-10-8-18-5-4-17-10)11-6-9(14)2-3-12(11)15/h2-3,6,10,13,16-17H,4-5,7-8H2,1H3. The first-order valence-corrected chi connectivity index (χ1v) is 6.14. The maximum absolute atomic E-state index is 13.7. The van der Waals surface area contributed by atoms with E-state index in [1.807, 2.05) is 0 Å². The average Bonchev–Trinajstić information content (AvgIpc) is 2.40. The van der Waals surface area contributed by atoms with Crippen LogP contribution in [0, 0.1) is 11.6 Å². The second kappa shape index (κ2) is 6.22. The van der Waals surface area contributed by atoms with Gasteiger partial charge in [-0.15, -0.1) is 0 Å². The molecule has 0 aromatic heterocycles. The highest BCUT2D eigenvalue weighted by Crippen LogP contribution is 2.22. The van der Waals surface area contributed by atoms with Gasteiger partial charge < -0.3 is 15.4 Å². The van der Waals surface area contributed by atoms with E-state index < -0.39 is 5.82 Å². The molecular weight excluding hydrogens is 238 g/mol. The number of hydrogen-bond donors (Lipinski definition) is 2. The third-order valence-corrected chi connectivity index (χ3v) is 3.20. The Balaban J connectivity index is 2.09. The van der Waals surface area contributed by atoms with Crippen molar-refractivity contribution >= 4 is 0 Å². The minimum Gasteiger partial charge on any atom is -0.379 e. The van der Waals surface area contributed by atoms with Crippen LogP contribution >= 0.6 is 0 Å². The summed E-state index contributed by atoms with van der Waals surface area (Å²) in [7, 11) is 1.75. The fourth-order valence-corrected chi connectivity index (χ4v) is 2.24. The zero-order chi connectivity index (χ0) is 13.0. The summed E-state index contributed by atoms with van der Waals surface area (Å²) in [6, 6.07) is 3.49. The molecule has 2 unspecified atom stereocenters. The third kappa shape index (κ3) is 3.25. The monoisotopic (exact) mass is 256 g/mol. The van der Waals surface area contributed by atoms with Crippen molar-refractivity contribution in [3.63, 3.8) is 0 Å². The third-order valence-electron chi connectivity index (χ3n) is 3.20. The van der Waals surface area contributed by atoms with Crippen LogP contribution in [0.5, 0.6) is 0 Å². The van der Waals surface area contributed by atoms with Gasteiger partial charge in [-0.05, 0) is 31.7 Å². The molecule has 0 bridgehead atoms. The molecule has 100 valence electrons. The molecule has 18 heavy (non-hydrogen) atoms. The summed E-state index contributed by atoms with van der Waals surface area (Å²) in [5, 5.41) is 6.34. The Labute approximate surface area is 106 Å². The lowest BCUT2D eigenvalue weighted by atomic mass is 9.98. The zero-order valence-corrected chi connectivity index (χ0v) is 10.4. The van der Waals surface area contributed by atoms with Crippen molar-refractivity contribution in [2.75, 3.05) is 26.8 Å². The van der Waals surface area contributed by atoms with Crippen molar-refractivity contribution in [3.05, 3.63) is 35.4 Å². The summed E-state index contributed by atoms with van der Waals surface area (Å²) < 4.78 is 32.2. The Bertz CT molecular complexity index is 395. The maximum atomic E-state index is 13.7. The summed E-state index contributed by atoms with van der Waals surface area (Å²) in [4.78, 5) is 0. The quantitative estimate of drug-likeness (QED) is 0.858. The molecule has 0 spiro atoms. The van der Waals surface area contributed by atoms with E-state index in [4.69, 9.17) is 4.74 Å². The first kappa shape index (κ1) is 13.4. The molecule has 1 heterocycles. The van der Waals surface area contributed by atoms with Gasteiger partial charge in [0.05, 0.1) is 13.2 Å². The number of benzene rings is 1. The number of ether oxygens (including phenoxy) is 1. The SMILES string of the molecule is CNC(CC1COCCN1)c1cc(F)ccc1F. The highest BCUT2D eigenvalue weighted by Gasteiger charge is 2.21. The molecule has 0 radical (unpaired) electrons. The summed E-state index contributed by atoms with van der Waals surface area (Å²) in [5.41, 5.74) is 0.366. The molecule has 1 aromatic rings. The smallest absolute Gasteiger partial charge is 0.128 e. The minimum absolute atomic E-state index is 0.166. The molecule has 1 saturated heterocycles.